The summed E-state index contributed by atoms with van der Waals surface area (Å²) in [6.07, 6.45) is 7.16. The van der Waals surface area contributed by atoms with Crippen LogP contribution in [0.4, 0.5) is 0 Å². The summed E-state index contributed by atoms with van der Waals surface area (Å²) in [5.74, 6) is 1.58. The minimum Gasteiger partial charge on any atom is -0.497 e. The lowest BCUT2D eigenvalue weighted by Crippen LogP contribution is -1.99. The SMILES string of the molecule is COc1ccc(-n2cccn2)c(-c2ncc[nH]2)c1. The molecule has 2 aromatic heterocycles. The Hall–Kier alpha value is -2.56. The van der Waals surface area contributed by atoms with E-state index >= 15 is 0 Å². The van der Waals surface area contributed by atoms with Crippen molar-refractivity contribution in [2.45, 2.75) is 0 Å². The predicted molar refractivity (Wildman–Crippen MR) is 67.7 cm³/mol. The third-order valence-corrected chi connectivity index (χ3v) is 2.71. The standard InChI is InChI=1S/C13H12N4O/c1-18-10-3-4-12(17-8-2-5-16-17)11(9-10)13-14-6-7-15-13/h2-9H,1H3,(H,14,15). The molecule has 0 saturated heterocycles. The molecule has 0 aliphatic heterocycles. The van der Waals surface area contributed by atoms with Gasteiger partial charge in [0, 0.05) is 30.4 Å². The molecule has 5 nitrogen and oxygen atoms in total. The van der Waals surface area contributed by atoms with Gasteiger partial charge in [0.2, 0.25) is 0 Å². The number of hydrogen-bond donors (Lipinski definition) is 1. The Labute approximate surface area is 104 Å². The number of rotatable bonds is 3. The van der Waals surface area contributed by atoms with E-state index in [0.717, 1.165) is 22.8 Å². The molecule has 0 fully saturated rings. The molecule has 3 aromatic rings. The van der Waals surface area contributed by atoms with Gasteiger partial charge >= 0.3 is 0 Å². The number of methoxy groups -OCH3 is 1. The second-order valence-corrected chi connectivity index (χ2v) is 3.77. The van der Waals surface area contributed by atoms with E-state index in [4.69, 9.17) is 4.74 Å². The van der Waals surface area contributed by atoms with Gasteiger partial charge in [0.25, 0.3) is 0 Å². The van der Waals surface area contributed by atoms with E-state index < -0.39 is 0 Å². The van der Waals surface area contributed by atoms with Gasteiger partial charge in [-0.1, -0.05) is 0 Å². The lowest BCUT2D eigenvalue weighted by molar-refractivity contribution is 0.415. The van der Waals surface area contributed by atoms with Crippen molar-refractivity contribution in [3.05, 3.63) is 49.1 Å². The summed E-state index contributed by atoms with van der Waals surface area (Å²) >= 11 is 0. The maximum Gasteiger partial charge on any atom is 0.139 e. The van der Waals surface area contributed by atoms with Crippen molar-refractivity contribution < 1.29 is 4.74 Å². The Morgan fingerprint density at radius 3 is 2.89 bits per heavy atom. The van der Waals surface area contributed by atoms with Crippen molar-refractivity contribution in [1.82, 2.24) is 19.7 Å². The van der Waals surface area contributed by atoms with Crippen molar-refractivity contribution in [2.75, 3.05) is 7.11 Å². The summed E-state index contributed by atoms with van der Waals surface area (Å²) in [5.41, 5.74) is 1.90. The van der Waals surface area contributed by atoms with Crippen LogP contribution in [0, 0.1) is 0 Å². The number of nitrogens with zero attached hydrogens (tertiary/aromatic N) is 3. The van der Waals surface area contributed by atoms with Gasteiger partial charge < -0.3 is 9.72 Å². The van der Waals surface area contributed by atoms with Crippen molar-refractivity contribution in [2.24, 2.45) is 0 Å². The highest BCUT2D eigenvalue weighted by molar-refractivity contribution is 5.69. The zero-order chi connectivity index (χ0) is 12.4. The third-order valence-electron chi connectivity index (χ3n) is 2.71. The largest absolute Gasteiger partial charge is 0.497 e. The van der Waals surface area contributed by atoms with Gasteiger partial charge in [-0.15, -0.1) is 0 Å². The smallest absolute Gasteiger partial charge is 0.139 e. The van der Waals surface area contributed by atoms with Crippen LogP contribution in [0.15, 0.2) is 49.1 Å². The monoisotopic (exact) mass is 240 g/mol. The van der Waals surface area contributed by atoms with E-state index in [1.807, 2.05) is 30.5 Å². The van der Waals surface area contributed by atoms with Crippen LogP contribution in [-0.4, -0.2) is 26.9 Å². The number of H-pyrrole nitrogens is 1. The first-order chi connectivity index (χ1) is 8.88. The Morgan fingerprint density at radius 1 is 1.28 bits per heavy atom. The van der Waals surface area contributed by atoms with Gasteiger partial charge in [-0.3, -0.25) is 0 Å². The molecule has 0 aliphatic rings. The van der Waals surface area contributed by atoms with Crippen LogP contribution >= 0.6 is 0 Å². The number of benzene rings is 1. The minimum atomic E-state index is 0.789. The van der Waals surface area contributed by atoms with E-state index in [1.54, 1.807) is 30.4 Å². The van der Waals surface area contributed by atoms with Crippen LogP contribution in [0.3, 0.4) is 0 Å². The van der Waals surface area contributed by atoms with Crippen molar-refractivity contribution >= 4 is 0 Å². The van der Waals surface area contributed by atoms with Crippen molar-refractivity contribution in [1.29, 1.82) is 0 Å². The van der Waals surface area contributed by atoms with Crippen LogP contribution < -0.4 is 4.74 Å². The van der Waals surface area contributed by atoms with E-state index in [1.165, 1.54) is 0 Å². The van der Waals surface area contributed by atoms with E-state index in [0.29, 0.717) is 0 Å². The lowest BCUT2D eigenvalue weighted by Gasteiger charge is -2.09. The summed E-state index contributed by atoms with van der Waals surface area (Å²) < 4.78 is 7.06. The number of aromatic nitrogens is 4. The molecule has 0 aliphatic carbocycles. The van der Waals surface area contributed by atoms with Gasteiger partial charge in [0.05, 0.1) is 12.8 Å². The summed E-state index contributed by atoms with van der Waals surface area (Å²) in [5, 5.41) is 4.25. The molecular weight excluding hydrogens is 228 g/mol. The molecule has 0 atom stereocenters. The van der Waals surface area contributed by atoms with Crippen LogP contribution in [0.2, 0.25) is 0 Å². The Bertz CT molecular complexity index is 629. The number of aromatic amines is 1. The molecular formula is C13H12N4O. The molecule has 18 heavy (non-hydrogen) atoms. The van der Waals surface area contributed by atoms with Gasteiger partial charge in [0.15, 0.2) is 0 Å². The number of hydrogen-bond acceptors (Lipinski definition) is 3. The Kier molecular flexibility index (Phi) is 2.57. The van der Waals surface area contributed by atoms with E-state index in [-0.39, 0.29) is 0 Å². The zero-order valence-corrected chi connectivity index (χ0v) is 9.87. The van der Waals surface area contributed by atoms with E-state index in [2.05, 4.69) is 15.1 Å². The summed E-state index contributed by atoms with van der Waals surface area (Å²) in [7, 11) is 1.65. The fourth-order valence-corrected chi connectivity index (χ4v) is 1.86. The van der Waals surface area contributed by atoms with Gasteiger partial charge in [-0.25, -0.2) is 9.67 Å². The highest BCUT2D eigenvalue weighted by atomic mass is 16.5. The van der Waals surface area contributed by atoms with Crippen LogP contribution in [0.5, 0.6) is 5.75 Å². The molecule has 1 aromatic carbocycles. The fourth-order valence-electron chi connectivity index (χ4n) is 1.86. The van der Waals surface area contributed by atoms with Crippen LogP contribution in [0.25, 0.3) is 17.1 Å². The average Bonchev–Trinajstić information content (AvgIpc) is 3.11. The summed E-state index contributed by atoms with van der Waals surface area (Å²) in [6, 6.07) is 7.69. The van der Waals surface area contributed by atoms with Crippen LogP contribution in [0.1, 0.15) is 0 Å². The fraction of sp³-hybridized carbons (Fsp3) is 0.0769. The zero-order valence-electron chi connectivity index (χ0n) is 9.87. The van der Waals surface area contributed by atoms with Gasteiger partial charge in [-0.2, -0.15) is 5.10 Å². The molecule has 90 valence electrons. The molecule has 0 spiro atoms. The first-order valence-corrected chi connectivity index (χ1v) is 5.56. The lowest BCUT2D eigenvalue weighted by atomic mass is 10.1. The second kappa shape index (κ2) is 4.37. The molecule has 5 heteroatoms. The predicted octanol–water partition coefficient (Wildman–Crippen LogP) is 2.27. The maximum absolute atomic E-state index is 5.25. The molecule has 0 unspecified atom stereocenters. The average molecular weight is 240 g/mol. The highest BCUT2D eigenvalue weighted by Gasteiger charge is 2.10. The first-order valence-electron chi connectivity index (χ1n) is 5.56. The van der Waals surface area contributed by atoms with Crippen LogP contribution in [-0.2, 0) is 0 Å². The summed E-state index contributed by atoms with van der Waals surface area (Å²) in [4.78, 5) is 7.38. The molecule has 1 N–H and O–H groups in total. The number of imidazole rings is 1. The molecule has 3 rings (SSSR count). The van der Waals surface area contributed by atoms with E-state index in [9.17, 15) is 0 Å². The molecule has 0 saturated carbocycles. The second-order valence-electron chi connectivity index (χ2n) is 3.77. The molecule has 0 bridgehead atoms. The third kappa shape index (κ3) is 1.75. The molecule has 0 radical (unpaired) electrons. The first kappa shape index (κ1) is 10.6. The highest BCUT2D eigenvalue weighted by Crippen LogP contribution is 2.27. The molecule has 2 heterocycles. The van der Waals surface area contributed by atoms with Gasteiger partial charge in [0.1, 0.15) is 11.6 Å². The summed E-state index contributed by atoms with van der Waals surface area (Å²) in [6.45, 7) is 0. The number of ether oxygens (including phenoxy) is 1. The van der Waals surface area contributed by atoms with Crippen molar-refractivity contribution in [3.8, 4) is 22.8 Å². The quantitative estimate of drug-likeness (QED) is 0.764. The molecule has 0 amide bonds. The number of nitrogens with one attached hydrogen (secondary N) is 1. The normalized spacial score (nSPS) is 10.5. The Morgan fingerprint density at radius 2 is 2.22 bits per heavy atom. The maximum atomic E-state index is 5.25. The topological polar surface area (TPSA) is 55.7 Å². The van der Waals surface area contributed by atoms with Crippen molar-refractivity contribution in [3.63, 3.8) is 0 Å². The van der Waals surface area contributed by atoms with Gasteiger partial charge in [-0.05, 0) is 24.3 Å². The Balaban J connectivity index is 2.19. The minimum absolute atomic E-state index is 0.789.